The molecule has 1 unspecified atom stereocenters. The Bertz CT molecular complexity index is 261. The van der Waals surface area contributed by atoms with Crippen molar-refractivity contribution in [2.24, 2.45) is 5.92 Å². The average Bonchev–Trinajstić information content (AvgIpc) is 2.60. The lowest BCUT2D eigenvalue weighted by Crippen LogP contribution is -2.06. The Morgan fingerprint density at radius 1 is 1.36 bits per heavy atom. The van der Waals surface area contributed by atoms with E-state index >= 15 is 0 Å². The highest BCUT2D eigenvalue weighted by molar-refractivity contribution is 5.18. The summed E-state index contributed by atoms with van der Waals surface area (Å²) in [6.45, 7) is 6.23. The van der Waals surface area contributed by atoms with Crippen LogP contribution in [0.1, 0.15) is 50.5 Å². The van der Waals surface area contributed by atoms with E-state index in [0.29, 0.717) is 5.92 Å². The van der Waals surface area contributed by atoms with Crippen LogP contribution < -0.4 is 0 Å². The van der Waals surface area contributed by atoms with Crippen molar-refractivity contribution in [3.8, 4) is 0 Å². The second-order valence-electron chi connectivity index (χ2n) is 3.87. The summed E-state index contributed by atoms with van der Waals surface area (Å²) in [5.41, 5.74) is 0.942. The predicted molar refractivity (Wildman–Crippen MR) is 57.1 cm³/mol. The number of hydrogen-bond acceptors (Lipinski definition) is 2. The van der Waals surface area contributed by atoms with Gasteiger partial charge in [0, 0.05) is 5.56 Å². The molecule has 1 aromatic rings. The van der Waals surface area contributed by atoms with Crippen molar-refractivity contribution in [3.63, 3.8) is 0 Å². The van der Waals surface area contributed by atoms with E-state index in [9.17, 15) is 5.11 Å². The van der Waals surface area contributed by atoms with Gasteiger partial charge in [0.25, 0.3) is 0 Å². The minimum absolute atomic E-state index is 0.362. The van der Waals surface area contributed by atoms with Crippen molar-refractivity contribution in [1.82, 2.24) is 0 Å². The molecule has 80 valence electrons. The smallest absolute Gasteiger partial charge is 0.106 e. The summed E-state index contributed by atoms with van der Waals surface area (Å²) in [6, 6.07) is 1.86. The highest BCUT2D eigenvalue weighted by Crippen LogP contribution is 2.27. The van der Waals surface area contributed by atoms with Crippen molar-refractivity contribution in [3.05, 3.63) is 23.7 Å². The van der Waals surface area contributed by atoms with E-state index in [0.717, 1.165) is 30.6 Å². The Kier molecular flexibility index (Phi) is 4.21. The number of furan rings is 1. The zero-order chi connectivity index (χ0) is 10.6. The molecular weight excluding hydrogens is 176 g/mol. The van der Waals surface area contributed by atoms with E-state index in [4.69, 9.17) is 4.42 Å². The fourth-order valence-corrected chi connectivity index (χ4v) is 1.81. The topological polar surface area (TPSA) is 33.4 Å². The molecule has 2 heteroatoms. The van der Waals surface area contributed by atoms with Gasteiger partial charge < -0.3 is 9.52 Å². The number of aliphatic hydroxyl groups is 1. The van der Waals surface area contributed by atoms with Gasteiger partial charge >= 0.3 is 0 Å². The molecule has 0 fully saturated rings. The second-order valence-corrected chi connectivity index (χ2v) is 3.87. The summed E-state index contributed by atoms with van der Waals surface area (Å²) in [7, 11) is 0. The quantitative estimate of drug-likeness (QED) is 0.782. The minimum atomic E-state index is -0.362. The maximum absolute atomic E-state index is 9.96. The maximum atomic E-state index is 9.96. The normalized spacial score (nSPS) is 13.5. The zero-order valence-corrected chi connectivity index (χ0v) is 9.29. The molecule has 0 spiro atoms. The van der Waals surface area contributed by atoms with Crippen LogP contribution in [0.5, 0.6) is 0 Å². The third-order valence-electron chi connectivity index (χ3n) is 2.97. The van der Waals surface area contributed by atoms with Gasteiger partial charge in [-0.25, -0.2) is 0 Å². The number of rotatable bonds is 5. The van der Waals surface area contributed by atoms with Gasteiger partial charge in [0.15, 0.2) is 0 Å². The van der Waals surface area contributed by atoms with Gasteiger partial charge in [-0.2, -0.15) is 0 Å². The molecule has 0 amide bonds. The van der Waals surface area contributed by atoms with Crippen molar-refractivity contribution in [2.45, 2.75) is 46.1 Å². The first-order valence-corrected chi connectivity index (χ1v) is 5.41. The third-order valence-corrected chi connectivity index (χ3v) is 2.97. The lowest BCUT2D eigenvalue weighted by molar-refractivity contribution is 0.139. The molecule has 0 bridgehead atoms. The number of hydrogen-bond donors (Lipinski definition) is 1. The van der Waals surface area contributed by atoms with Crippen LogP contribution in [0.4, 0.5) is 0 Å². The van der Waals surface area contributed by atoms with Crippen LogP contribution in [-0.2, 0) is 0 Å². The van der Waals surface area contributed by atoms with E-state index in [1.54, 1.807) is 6.26 Å². The highest BCUT2D eigenvalue weighted by atomic mass is 16.3. The fraction of sp³-hybridized carbons (Fsp3) is 0.667. The molecule has 0 aliphatic heterocycles. The van der Waals surface area contributed by atoms with E-state index in [-0.39, 0.29) is 6.10 Å². The van der Waals surface area contributed by atoms with Crippen molar-refractivity contribution in [1.29, 1.82) is 0 Å². The van der Waals surface area contributed by atoms with Crippen molar-refractivity contribution >= 4 is 0 Å². The molecule has 2 nitrogen and oxygen atoms in total. The monoisotopic (exact) mass is 196 g/mol. The molecule has 0 aliphatic rings. The Morgan fingerprint density at radius 2 is 2.00 bits per heavy atom. The summed E-state index contributed by atoms with van der Waals surface area (Å²) in [5, 5.41) is 9.96. The Hall–Kier alpha value is -0.760. The molecular formula is C12H20O2. The lowest BCUT2D eigenvalue weighted by atomic mass is 9.93. The van der Waals surface area contributed by atoms with Crippen LogP contribution >= 0.6 is 0 Å². The molecule has 1 atom stereocenters. The molecule has 1 heterocycles. The van der Waals surface area contributed by atoms with Crippen molar-refractivity contribution in [2.75, 3.05) is 0 Å². The fourth-order valence-electron chi connectivity index (χ4n) is 1.81. The van der Waals surface area contributed by atoms with E-state index in [1.807, 2.05) is 13.0 Å². The van der Waals surface area contributed by atoms with E-state index in [2.05, 4.69) is 13.8 Å². The molecule has 0 radical (unpaired) electrons. The second kappa shape index (κ2) is 5.20. The number of aliphatic hydroxyl groups excluding tert-OH is 1. The average molecular weight is 196 g/mol. The molecule has 0 saturated carbocycles. The summed E-state index contributed by atoms with van der Waals surface area (Å²) >= 11 is 0. The largest absolute Gasteiger partial charge is 0.469 e. The van der Waals surface area contributed by atoms with Gasteiger partial charge in [-0.15, -0.1) is 0 Å². The van der Waals surface area contributed by atoms with Crippen LogP contribution in [-0.4, -0.2) is 5.11 Å². The zero-order valence-electron chi connectivity index (χ0n) is 9.29. The van der Waals surface area contributed by atoms with E-state index < -0.39 is 0 Å². The van der Waals surface area contributed by atoms with Gasteiger partial charge in [0.05, 0.1) is 12.4 Å². The molecule has 0 aliphatic carbocycles. The van der Waals surface area contributed by atoms with Crippen LogP contribution in [0, 0.1) is 12.8 Å². The first-order chi connectivity index (χ1) is 6.69. The van der Waals surface area contributed by atoms with Crippen LogP contribution in [0.2, 0.25) is 0 Å². The standard InChI is InChI=1S/C12H20O2/c1-4-10(5-2)8-12(13)11-6-7-14-9(11)3/h6-7,10,12-13H,4-5,8H2,1-3H3. The van der Waals surface area contributed by atoms with Crippen LogP contribution in [0.3, 0.4) is 0 Å². The van der Waals surface area contributed by atoms with Crippen LogP contribution in [0.25, 0.3) is 0 Å². The molecule has 1 aromatic heterocycles. The molecule has 0 aromatic carbocycles. The maximum Gasteiger partial charge on any atom is 0.106 e. The highest BCUT2D eigenvalue weighted by Gasteiger charge is 2.16. The first-order valence-electron chi connectivity index (χ1n) is 5.41. The summed E-state index contributed by atoms with van der Waals surface area (Å²) in [6.07, 6.45) is 4.38. The van der Waals surface area contributed by atoms with Gasteiger partial charge in [0.1, 0.15) is 5.76 Å². The summed E-state index contributed by atoms with van der Waals surface area (Å²) in [5.74, 6) is 1.45. The molecule has 1 N–H and O–H groups in total. The third kappa shape index (κ3) is 2.61. The van der Waals surface area contributed by atoms with Gasteiger partial charge in [0.2, 0.25) is 0 Å². The Morgan fingerprint density at radius 3 is 2.43 bits per heavy atom. The molecule has 14 heavy (non-hydrogen) atoms. The van der Waals surface area contributed by atoms with Gasteiger partial charge in [-0.05, 0) is 25.3 Å². The SMILES string of the molecule is CCC(CC)CC(O)c1ccoc1C. The minimum Gasteiger partial charge on any atom is -0.469 e. The predicted octanol–water partition coefficient (Wildman–Crippen LogP) is 3.45. The summed E-state index contributed by atoms with van der Waals surface area (Å²) in [4.78, 5) is 0. The van der Waals surface area contributed by atoms with Crippen LogP contribution in [0.15, 0.2) is 16.7 Å². The van der Waals surface area contributed by atoms with E-state index in [1.165, 1.54) is 0 Å². The first kappa shape index (κ1) is 11.3. The molecule has 0 saturated heterocycles. The van der Waals surface area contributed by atoms with Crippen molar-refractivity contribution < 1.29 is 9.52 Å². The van der Waals surface area contributed by atoms with Gasteiger partial charge in [-0.1, -0.05) is 26.7 Å². The van der Waals surface area contributed by atoms with Gasteiger partial charge in [-0.3, -0.25) is 0 Å². The lowest BCUT2D eigenvalue weighted by Gasteiger charge is -2.16. The summed E-state index contributed by atoms with van der Waals surface area (Å²) < 4.78 is 5.17. The Balaban J connectivity index is 2.58. The molecule has 1 rings (SSSR count). The number of aryl methyl sites for hydroxylation is 1. The Labute approximate surface area is 85.9 Å².